The Morgan fingerprint density at radius 3 is 2.53 bits per heavy atom. The Hall–Kier alpha value is -1.09. The van der Waals surface area contributed by atoms with Gasteiger partial charge in [0.25, 0.3) is 0 Å². The minimum Gasteiger partial charge on any atom is -0.384 e. The number of hydrogen-bond acceptors (Lipinski definition) is 3. The highest BCUT2D eigenvalue weighted by atomic mass is 15.1. The highest BCUT2D eigenvalue weighted by molar-refractivity contribution is 5.29. The maximum atomic E-state index is 5.55. The van der Waals surface area contributed by atoms with Gasteiger partial charge in [-0.2, -0.15) is 0 Å². The predicted octanol–water partition coefficient (Wildman–Crippen LogP) is 1.75. The largest absolute Gasteiger partial charge is 0.384 e. The molecule has 3 nitrogen and oxygen atoms in total. The van der Waals surface area contributed by atoms with Crippen molar-refractivity contribution in [2.75, 3.05) is 18.8 Å². The number of nitrogen functional groups attached to an aromatic ring is 1. The number of rotatable bonds is 2. The van der Waals surface area contributed by atoms with E-state index in [1.54, 1.807) is 0 Å². The zero-order chi connectivity index (χ0) is 10.8. The van der Waals surface area contributed by atoms with Crippen molar-refractivity contribution in [2.24, 2.45) is 11.8 Å². The van der Waals surface area contributed by atoms with E-state index in [2.05, 4.69) is 29.8 Å². The van der Waals surface area contributed by atoms with Crippen LogP contribution in [0.15, 0.2) is 18.3 Å². The van der Waals surface area contributed by atoms with Gasteiger partial charge in [-0.1, -0.05) is 19.9 Å². The Bertz CT molecular complexity index is 310. The zero-order valence-corrected chi connectivity index (χ0v) is 9.48. The summed E-state index contributed by atoms with van der Waals surface area (Å²) in [5, 5.41) is 0. The topological polar surface area (TPSA) is 42.1 Å². The highest BCUT2D eigenvalue weighted by Crippen LogP contribution is 2.23. The third-order valence-electron chi connectivity index (χ3n) is 3.32. The number of nitrogens with two attached hydrogens (primary N) is 1. The lowest BCUT2D eigenvalue weighted by atomic mass is 10.0. The highest BCUT2D eigenvalue weighted by Gasteiger charge is 2.25. The first-order valence-corrected chi connectivity index (χ1v) is 5.58. The van der Waals surface area contributed by atoms with Crippen LogP contribution in [-0.2, 0) is 6.54 Å². The second-order valence-electron chi connectivity index (χ2n) is 4.74. The average molecular weight is 205 g/mol. The van der Waals surface area contributed by atoms with Crippen molar-refractivity contribution < 1.29 is 0 Å². The summed E-state index contributed by atoms with van der Waals surface area (Å²) in [6.45, 7) is 8.05. The molecule has 2 rings (SSSR count). The van der Waals surface area contributed by atoms with Gasteiger partial charge in [-0.25, -0.2) is 4.98 Å². The van der Waals surface area contributed by atoms with Gasteiger partial charge in [-0.3, -0.25) is 4.90 Å². The molecule has 1 aliphatic heterocycles. The standard InChI is InChI=1S/C12H19N3/c1-9-6-15(7-10(9)2)8-11-3-4-12(13)14-5-11/h3-5,9-10H,6-8H2,1-2H3,(H2,13,14). The fourth-order valence-corrected chi connectivity index (χ4v) is 2.17. The molecule has 1 fully saturated rings. The summed E-state index contributed by atoms with van der Waals surface area (Å²) in [6, 6.07) is 3.94. The molecule has 1 aromatic heterocycles. The average Bonchev–Trinajstić information content (AvgIpc) is 2.50. The van der Waals surface area contributed by atoms with Crippen LogP contribution in [0.4, 0.5) is 5.82 Å². The second kappa shape index (κ2) is 4.19. The molecule has 0 amide bonds. The summed E-state index contributed by atoms with van der Waals surface area (Å²) >= 11 is 0. The molecular weight excluding hydrogens is 186 g/mol. The molecule has 2 heterocycles. The van der Waals surface area contributed by atoms with Crippen molar-refractivity contribution in [1.29, 1.82) is 0 Å². The molecule has 2 unspecified atom stereocenters. The zero-order valence-electron chi connectivity index (χ0n) is 9.48. The van der Waals surface area contributed by atoms with Gasteiger partial charge in [-0.15, -0.1) is 0 Å². The fraction of sp³-hybridized carbons (Fsp3) is 0.583. The van der Waals surface area contributed by atoms with E-state index < -0.39 is 0 Å². The van der Waals surface area contributed by atoms with Crippen molar-refractivity contribution in [3.05, 3.63) is 23.9 Å². The van der Waals surface area contributed by atoms with Crippen LogP contribution in [0.2, 0.25) is 0 Å². The minimum absolute atomic E-state index is 0.599. The third kappa shape index (κ3) is 2.48. The molecule has 3 heteroatoms. The molecule has 1 saturated heterocycles. The van der Waals surface area contributed by atoms with Gasteiger partial charge < -0.3 is 5.73 Å². The Morgan fingerprint density at radius 2 is 2.00 bits per heavy atom. The van der Waals surface area contributed by atoms with E-state index in [9.17, 15) is 0 Å². The van der Waals surface area contributed by atoms with E-state index in [4.69, 9.17) is 5.73 Å². The van der Waals surface area contributed by atoms with Crippen LogP contribution in [0.5, 0.6) is 0 Å². The molecule has 0 aromatic carbocycles. The Labute approximate surface area is 91.3 Å². The number of aromatic nitrogens is 1. The molecule has 1 aliphatic rings. The van der Waals surface area contributed by atoms with Crippen molar-refractivity contribution in [3.8, 4) is 0 Å². The number of likely N-dealkylation sites (tertiary alicyclic amines) is 1. The number of anilines is 1. The van der Waals surface area contributed by atoms with Gasteiger partial charge in [0.15, 0.2) is 0 Å². The van der Waals surface area contributed by atoms with Crippen LogP contribution in [0.25, 0.3) is 0 Å². The molecule has 82 valence electrons. The van der Waals surface area contributed by atoms with Crippen molar-refractivity contribution in [1.82, 2.24) is 9.88 Å². The first kappa shape index (κ1) is 10.4. The van der Waals surface area contributed by atoms with Gasteiger partial charge in [0.1, 0.15) is 5.82 Å². The molecule has 0 spiro atoms. The van der Waals surface area contributed by atoms with E-state index in [1.807, 2.05) is 12.3 Å². The Morgan fingerprint density at radius 1 is 1.33 bits per heavy atom. The summed E-state index contributed by atoms with van der Waals surface area (Å²) < 4.78 is 0. The maximum Gasteiger partial charge on any atom is 0.123 e. The van der Waals surface area contributed by atoms with E-state index in [-0.39, 0.29) is 0 Å². The molecular formula is C12H19N3. The van der Waals surface area contributed by atoms with Crippen molar-refractivity contribution in [2.45, 2.75) is 20.4 Å². The summed E-state index contributed by atoms with van der Waals surface area (Å²) in [5.41, 5.74) is 6.81. The third-order valence-corrected chi connectivity index (χ3v) is 3.32. The molecule has 0 bridgehead atoms. The Kier molecular flexibility index (Phi) is 2.91. The summed E-state index contributed by atoms with van der Waals surface area (Å²) in [7, 11) is 0. The van der Waals surface area contributed by atoms with Gasteiger partial charge in [-0.05, 0) is 23.5 Å². The summed E-state index contributed by atoms with van der Waals surface area (Å²) in [6.07, 6.45) is 1.88. The summed E-state index contributed by atoms with van der Waals surface area (Å²) in [4.78, 5) is 6.60. The lowest BCUT2D eigenvalue weighted by Crippen LogP contribution is -2.20. The molecule has 0 aliphatic carbocycles. The molecule has 0 radical (unpaired) electrons. The van der Waals surface area contributed by atoms with Crippen LogP contribution in [0, 0.1) is 11.8 Å². The fourth-order valence-electron chi connectivity index (χ4n) is 2.17. The lowest BCUT2D eigenvalue weighted by molar-refractivity contribution is 0.316. The molecule has 2 N–H and O–H groups in total. The minimum atomic E-state index is 0.599. The maximum absolute atomic E-state index is 5.55. The monoisotopic (exact) mass is 205 g/mol. The lowest BCUT2D eigenvalue weighted by Gasteiger charge is -2.14. The van der Waals surface area contributed by atoms with Crippen molar-refractivity contribution >= 4 is 5.82 Å². The number of hydrogen-bond donors (Lipinski definition) is 1. The van der Waals surface area contributed by atoms with Gasteiger partial charge >= 0.3 is 0 Å². The van der Waals surface area contributed by atoms with Crippen LogP contribution in [-0.4, -0.2) is 23.0 Å². The van der Waals surface area contributed by atoms with Crippen LogP contribution >= 0.6 is 0 Å². The molecule has 0 saturated carbocycles. The molecule has 2 atom stereocenters. The van der Waals surface area contributed by atoms with E-state index >= 15 is 0 Å². The SMILES string of the molecule is CC1CN(Cc2ccc(N)nc2)CC1C. The molecule has 15 heavy (non-hydrogen) atoms. The van der Waals surface area contributed by atoms with Crippen LogP contribution in [0.1, 0.15) is 19.4 Å². The van der Waals surface area contributed by atoms with E-state index in [0.717, 1.165) is 18.4 Å². The van der Waals surface area contributed by atoms with Gasteiger partial charge in [0.05, 0.1) is 0 Å². The number of pyridine rings is 1. The van der Waals surface area contributed by atoms with Crippen LogP contribution < -0.4 is 5.73 Å². The van der Waals surface area contributed by atoms with Crippen LogP contribution in [0.3, 0.4) is 0 Å². The Balaban J connectivity index is 1.95. The van der Waals surface area contributed by atoms with Gasteiger partial charge in [0.2, 0.25) is 0 Å². The van der Waals surface area contributed by atoms with E-state index in [0.29, 0.717) is 5.82 Å². The van der Waals surface area contributed by atoms with E-state index in [1.165, 1.54) is 18.7 Å². The first-order valence-electron chi connectivity index (χ1n) is 5.58. The first-order chi connectivity index (χ1) is 7.15. The second-order valence-corrected chi connectivity index (χ2v) is 4.74. The quantitative estimate of drug-likeness (QED) is 0.800. The van der Waals surface area contributed by atoms with Gasteiger partial charge in [0, 0.05) is 25.8 Å². The predicted molar refractivity (Wildman–Crippen MR) is 62.3 cm³/mol. The smallest absolute Gasteiger partial charge is 0.123 e. The summed E-state index contributed by atoms with van der Waals surface area (Å²) in [5.74, 6) is 2.22. The number of nitrogens with zero attached hydrogens (tertiary/aromatic N) is 2. The molecule has 1 aromatic rings. The van der Waals surface area contributed by atoms with Crippen molar-refractivity contribution in [3.63, 3.8) is 0 Å². The normalized spacial score (nSPS) is 27.1.